The molecular weight excluding hydrogens is 467 g/mol. The van der Waals surface area contributed by atoms with E-state index >= 15 is 0 Å². The molecule has 0 aliphatic rings. The van der Waals surface area contributed by atoms with Crippen LogP contribution in [0.5, 0.6) is 0 Å². The summed E-state index contributed by atoms with van der Waals surface area (Å²) in [4.78, 5) is 0. The summed E-state index contributed by atoms with van der Waals surface area (Å²) >= 11 is 0. The van der Waals surface area contributed by atoms with Crippen LogP contribution in [-0.4, -0.2) is 44.4 Å². The van der Waals surface area contributed by atoms with Gasteiger partial charge in [-0.2, -0.15) is 0 Å². The second kappa shape index (κ2) is 29.1. The monoisotopic (exact) mass is 528 g/mol. The summed E-state index contributed by atoms with van der Waals surface area (Å²) < 4.78 is 13.5. The van der Waals surface area contributed by atoms with Gasteiger partial charge < -0.3 is 10.4 Å². The van der Waals surface area contributed by atoms with Crippen molar-refractivity contribution in [1.29, 1.82) is 0 Å². The van der Waals surface area contributed by atoms with Gasteiger partial charge in [0.1, 0.15) is 0 Å². The Morgan fingerprint density at radius 2 is 0.833 bits per heavy atom. The zero-order valence-electron chi connectivity index (χ0n) is 23.5. The van der Waals surface area contributed by atoms with Crippen molar-refractivity contribution in [3.8, 4) is 0 Å². The molecule has 0 aliphatic heterocycles. The van der Waals surface area contributed by atoms with Crippen molar-refractivity contribution in [3.05, 3.63) is 25.3 Å². The Hall–Kier alpha value is -0.490. The van der Waals surface area contributed by atoms with Gasteiger partial charge in [-0.15, -0.1) is 13.2 Å². The molecule has 7 heteroatoms. The number of nitrogens with one attached hydrogen (secondary N) is 4. The first kappa shape index (κ1) is 35.5. The molecule has 0 atom stereocenters. The van der Waals surface area contributed by atoms with Crippen LogP contribution in [0.15, 0.2) is 25.3 Å². The second-order valence-corrected chi connectivity index (χ2v) is 12.1. The molecule has 0 rings (SSSR count). The molecule has 0 amide bonds. The predicted octanol–water partition coefficient (Wildman–Crippen LogP) is 7.23. The van der Waals surface area contributed by atoms with E-state index in [9.17, 15) is 4.57 Å². The van der Waals surface area contributed by atoms with E-state index < -0.39 is 7.59 Å². The van der Waals surface area contributed by atoms with Gasteiger partial charge in [-0.3, -0.25) is 4.57 Å². The summed E-state index contributed by atoms with van der Waals surface area (Å²) in [5.41, 5.74) is 0. The molecule has 0 heterocycles. The van der Waals surface area contributed by atoms with E-state index in [0.717, 1.165) is 77.7 Å². The molecule has 0 fully saturated rings. The first-order valence-corrected chi connectivity index (χ1v) is 16.8. The summed E-state index contributed by atoms with van der Waals surface area (Å²) in [7, 11) is -2.76. The van der Waals surface area contributed by atoms with Crippen LogP contribution in [0.4, 0.5) is 0 Å². The zero-order chi connectivity index (χ0) is 26.4. The van der Waals surface area contributed by atoms with Crippen LogP contribution in [0.2, 0.25) is 0 Å². The first-order valence-electron chi connectivity index (χ1n) is 15.1. The lowest BCUT2D eigenvalue weighted by Crippen LogP contribution is -2.34. The SMILES string of the molecule is C=CCCCCCCCCCNP(=O)(NCCCCCCCCCC=C)NCCCCNCCCO. The van der Waals surface area contributed by atoms with Gasteiger partial charge in [0.15, 0.2) is 0 Å². The number of allylic oxidation sites excluding steroid dienone is 2. The molecule has 0 spiro atoms. The maximum absolute atomic E-state index is 13.5. The van der Waals surface area contributed by atoms with Gasteiger partial charge in [-0.05, 0) is 70.9 Å². The highest BCUT2D eigenvalue weighted by Crippen LogP contribution is 2.30. The normalized spacial score (nSPS) is 11.7. The summed E-state index contributed by atoms with van der Waals surface area (Å²) in [5, 5.41) is 22.1. The van der Waals surface area contributed by atoms with Crippen molar-refractivity contribution in [2.75, 3.05) is 39.3 Å². The highest BCUT2D eigenvalue weighted by Gasteiger charge is 2.19. The Morgan fingerprint density at radius 1 is 0.500 bits per heavy atom. The summed E-state index contributed by atoms with van der Waals surface area (Å²) in [6, 6.07) is 0. The first-order chi connectivity index (χ1) is 17.7. The summed E-state index contributed by atoms with van der Waals surface area (Å²) in [5.74, 6) is 0. The molecule has 0 aliphatic carbocycles. The van der Waals surface area contributed by atoms with Gasteiger partial charge in [0.2, 0.25) is 0 Å². The van der Waals surface area contributed by atoms with Gasteiger partial charge in [-0.1, -0.05) is 76.4 Å². The number of unbranched alkanes of at least 4 members (excludes halogenated alkanes) is 15. The zero-order valence-corrected chi connectivity index (χ0v) is 24.4. The Bertz CT molecular complexity index is 488. The van der Waals surface area contributed by atoms with Crippen LogP contribution in [0.1, 0.15) is 122 Å². The Kier molecular flexibility index (Phi) is 28.7. The molecule has 0 bridgehead atoms. The van der Waals surface area contributed by atoms with E-state index in [1.807, 2.05) is 12.2 Å². The van der Waals surface area contributed by atoms with Crippen molar-refractivity contribution < 1.29 is 9.67 Å². The molecule has 0 unspecified atom stereocenters. The number of hydrogen-bond acceptors (Lipinski definition) is 3. The number of hydrogen-bond donors (Lipinski definition) is 5. The smallest absolute Gasteiger partial charge is 0.279 e. The fraction of sp³-hybridized carbons (Fsp3) is 0.862. The quantitative estimate of drug-likeness (QED) is 0.0371. The number of aliphatic hydroxyl groups is 1. The van der Waals surface area contributed by atoms with Crippen LogP contribution in [0.25, 0.3) is 0 Å². The minimum absolute atomic E-state index is 0.237. The second-order valence-electron chi connectivity index (χ2n) is 9.97. The number of rotatable bonds is 31. The maximum Gasteiger partial charge on any atom is 0.279 e. The minimum Gasteiger partial charge on any atom is -0.396 e. The third-order valence-electron chi connectivity index (χ3n) is 6.47. The van der Waals surface area contributed by atoms with Crippen molar-refractivity contribution in [2.24, 2.45) is 0 Å². The average molecular weight is 529 g/mol. The largest absolute Gasteiger partial charge is 0.396 e. The fourth-order valence-electron chi connectivity index (χ4n) is 4.18. The van der Waals surface area contributed by atoms with Crippen LogP contribution in [-0.2, 0) is 4.57 Å². The lowest BCUT2D eigenvalue weighted by Gasteiger charge is -2.22. The van der Waals surface area contributed by atoms with E-state index in [1.54, 1.807) is 0 Å². The molecule has 5 N–H and O–H groups in total. The molecule has 0 aromatic rings. The fourth-order valence-corrected chi connectivity index (χ4v) is 5.93. The summed E-state index contributed by atoms with van der Waals surface area (Å²) in [6.07, 6.45) is 26.5. The standard InChI is InChI=1S/C29H61N4O2P/c1-3-5-7-9-11-13-15-17-19-26-31-36(35,33-28-22-21-24-30-25-23-29-34)32-27-20-18-16-14-12-10-8-6-4-2/h3-4,30,34H,1-2,5-29H2,(H3,31,32,33,35). The predicted molar refractivity (Wildman–Crippen MR) is 160 cm³/mol. The topological polar surface area (TPSA) is 85.4 Å². The third kappa shape index (κ3) is 26.6. The highest BCUT2D eigenvalue weighted by molar-refractivity contribution is 7.57. The number of aliphatic hydroxyl groups excluding tert-OH is 1. The van der Waals surface area contributed by atoms with E-state index in [1.165, 1.54) is 77.0 Å². The lowest BCUT2D eigenvalue weighted by atomic mass is 10.1. The van der Waals surface area contributed by atoms with Crippen molar-refractivity contribution in [1.82, 2.24) is 20.6 Å². The molecular formula is C29H61N4O2P. The molecule has 0 saturated heterocycles. The molecule has 36 heavy (non-hydrogen) atoms. The van der Waals surface area contributed by atoms with Gasteiger partial charge in [0.05, 0.1) is 0 Å². The molecule has 0 radical (unpaired) electrons. The average Bonchev–Trinajstić information content (AvgIpc) is 2.88. The van der Waals surface area contributed by atoms with Gasteiger partial charge in [-0.25, -0.2) is 15.3 Å². The van der Waals surface area contributed by atoms with Crippen molar-refractivity contribution >= 4 is 7.59 Å². The van der Waals surface area contributed by atoms with Crippen LogP contribution >= 0.6 is 7.59 Å². The Balaban J connectivity index is 4.07. The van der Waals surface area contributed by atoms with E-state index in [0.29, 0.717) is 0 Å². The van der Waals surface area contributed by atoms with Crippen LogP contribution in [0, 0.1) is 0 Å². The molecule has 214 valence electrons. The summed E-state index contributed by atoms with van der Waals surface area (Å²) in [6.45, 7) is 11.9. The van der Waals surface area contributed by atoms with E-state index in [4.69, 9.17) is 5.11 Å². The molecule has 0 aromatic heterocycles. The van der Waals surface area contributed by atoms with Gasteiger partial charge >= 0.3 is 0 Å². The van der Waals surface area contributed by atoms with E-state index in [-0.39, 0.29) is 6.61 Å². The Morgan fingerprint density at radius 3 is 1.25 bits per heavy atom. The van der Waals surface area contributed by atoms with Crippen LogP contribution in [0.3, 0.4) is 0 Å². The third-order valence-corrected chi connectivity index (χ3v) is 8.47. The van der Waals surface area contributed by atoms with Crippen LogP contribution < -0.4 is 20.6 Å². The van der Waals surface area contributed by atoms with Crippen molar-refractivity contribution in [3.63, 3.8) is 0 Å². The van der Waals surface area contributed by atoms with E-state index in [2.05, 4.69) is 33.7 Å². The molecule has 6 nitrogen and oxygen atoms in total. The maximum atomic E-state index is 13.5. The van der Waals surface area contributed by atoms with Gasteiger partial charge in [0.25, 0.3) is 7.59 Å². The Labute approximate surface area is 224 Å². The minimum atomic E-state index is -2.76. The highest BCUT2D eigenvalue weighted by atomic mass is 31.2. The van der Waals surface area contributed by atoms with Gasteiger partial charge in [0, 0.05) is 26.2 Å². The lowest BCUT2D eigenvalue weighted by molar-refractivity contribution is 0.286. The molecule has 0 saturated carbocycles. The molecule has 0 aromatic carbocycles. The van der Waals surface area contributed by atoms with Crippen molar-refractivity contribution in [2.45, 2.75) is 122 Å².